The lowest BCUT2D eigenvalue weighted by atomic mass is 10.1. The molecule has 0 aliphatic rings. The third kappa shape index (κ3) is 2.78. The maximum Gasteiger partial charge on any atom is 0.276 e. The average molecular weight is 292 g/mol. The van der Waals surface area contributed by atoms with Gasteiger partial charge in [0, 0.05) is 17.2 Å². The molecule has 6 heteroatoms. The number of halogens is 1. The third-order valence-corrected chi connectivity index (χ3v) is 3.01. The van der Waals surface area contributed by atoms with Crippen LogP contribution in [0.1, 0.15) is 15.9 Å². The number of hydrogen-bond acceptors (Lipinski definition) is 4. The zero-order valence-corrected chi connectivity index (χ0v) is 11.3. The van der Waals surface area contributed by atoms with Crippen LogP contribution in [0.4, 0.5) is 5.69 Å². The number of aldehydes is 1. The molecule has 0 unspecified atom stereocenters. The summed E-state index contributed by atoms with van der Waals surface area (Å²) in [6, 6.07) is 9.09. The van der Waals surface area contributed by atoms with E-state index in [1.165, 1.54) is 24.3 Å². The molecule has 0 N–H and O–H groups in total. The van der Waals surface area contributed by atoms with E-state index < -0.39 is 4.92 Å². The molecule has 0 heterocycles. The molecule has 5 nitrogen and oxygen atoms in total. The van der Waals surface area contributed by atoms with Gasteiger partial charge in [-0.2, -0.15) is 0 Å². The van der Waals surface area contributed by atoms with Crippen LogP contribution in [0.25, 0.3) is 0 Å². The van der Waals surface area contributed by atoms with Crippen molar-refractivity contribution in [2.75, 3.05) is 0 Å². The molecule has 0 amide bonds. The second-order valence-electron chi connectivity index (χ2n) is 4.06. The van der Waals surface area contributed by atoms with Gasteiger partial charge < -0.3 is 4.74 Å². The van der Waals surface area contributed by atoms with Crippen molar-refractivity contribution in [3.05, 3.63) is 62.7 Å². The summed E-state index contributed by atoms with van der Waals surface area (Å²) in [4.78, 5) is 21.3. The molecule has 0 saturated carbocycles. The van der Waals surface area contributed by atoms with Crippen LogP contribution in [-0.4, -0.2) is 11.2 Å². The van der Waals surface area contributed by atoms with Crippen LogP contribution in [0.15, 0.2) is 36.4 Å². The number of nitro groups is 1. The first kappa shape index (κ1) is 14.0. The minimum absolute atomic E-state index is 0.0443. The van der Waals surface area contributed by atoms with Crippen molar-refractivity contribution in [2.24, 2.45) is 0 Å². The predicted octanol–water partition coefficient (Wildman–Crippen LogP) is 4.16. The average Bonchev–Trinajstić information content (AvgIpc) is 2.41. The maximum atomic E-state index is 11.0. The molecule has 2 rings (SSSR count). The fourth-order valence-corrected chi connectivity index (χ4v) is 1.89. The highest BCUT2D eigenvalue weighted by atomic mass is 35.5. The molecule has 102 valence electrons. The van der Waals surface area contributed by atoms with Gasteiger partial charge in [-0.05, 0) is 25.1 Å². The second-order valence-corrected chi connectivity index (χ2v) is 4.50. The molecule has 0 aliphatic heterocycles. The third-order valence-electron chi connectivity index (χ3n) is 2.77. The molecule has 2 aromatic carbocycles. The van der Waals surface area contributed by atoms with Gasteiger partial charge in [0.1, 0.15) is 11.5 Å². The minimum atomic E-state index is -0.485. The Morgan fingerprint density at radius 2 is 2.00 bits per heavy atom. The monoisotopic (exact) mass is 291 g/mol. The van der Waals surface area contributed by atoms with Gasteiger partial charge in [0.25, 0.3) is 5.69 Å². The Morgan fingerprint density at radius 1 is 1.25 bits per heavy atom. The number of benzene rings is 2. The largest absolute Gasteiger partial charge is 0.456 e. The normalized spacial score (nSPS) is 10.1. The topological polar surface area (TPSA) is 69.4 Å². The predicted molar refractivity (Wildman–Crippen MR) is 74.7 cm³/mol. The van der Waals surface area contributed by atoms with Crippen molar-refractivity contribution in [3.8, 4) is 11.5 Å². The van der Waals surface area contributed by atoms with Crippen molar-refractivity contribution in [1.29, 1.82) is 0 Å². The summed E-state index contributed by atoms with van der Waals surface area (Å²) in [5.41, 5.74) is 0.659. The van der Waals surface area contributed by atoms with Crippen LogP contribution in [0.5, 0.6) is 11.5 Å². The molecule has 0 aromatic heterocycles. The number of nitrogens with zero attached hydrogens (tertiary/aromatic N) is 1. The summed E-state index contributed by atoms with van der Waals surface area (Å²) in [6.45, 7) is 1.58. The lowest BCUT2D eigenvalue weighted by Gasteiger charge is -2.10. The maximum absolute atomic E-state index is 11.0. The number of hydrogen-bond donors (Lipinski definition) is 0. The molecule has 0 atom stereocenters. The summed E-state index contributed by atoms with van der Waals surface area (Å²) < 4.78 is 5.58. The van der Waals surface area contributed by atoms with Crippen LogP contribution in [0.2, 0.25) is 5.02 Å². The van der Waals surface area contributed by atoms with Gasteiger partial charge >= 0.3 is 0 Å². The van der Waals surface area contributed by atoms with Gasteiger partial charge in [0.15, 0.2) is 6.29 Å². The summed E-state index contributed by atoms with van der Waals surface area (Å²) >= 11 is 5.86. The second kappa shape index (κ2) is 5.71. The molecular formula is C14H10ClNO4. The van der Waals surface area contributed by atoms with Gasteiger partial charge in [-0.15, -0.1) is 0 Å². The van der Waals surface area contributed by atoms with E-state index in [1.807, 2.05) is 0 Å². The van der Waals surface area contributed by atoms with Crippen molar-refractivity contribution in [3.63, 3.8) is 0 Å². The Bertz CT molecular complexity index is 685. The van der Waals surface area contributed by atoms with E-state index in [4.69, 9.17) is 16.3 Å². The standard InChI is InChI=1S/C14H10ClNO4/c1-9-12(16(18)19)3-2-4-13(9)20-14-7-11(15)6-5-10(14)8-17/h2-8H,1H3. The lowest BCUT2D eigenvalue weighted by Crippen LogP contribution is -1.96. The number of ether oxygens (including phenoxy) is 1. The Morgan fingerprint density at radius 3 is 2.65 bits per heavy atom. The van der Waals surface area contributed by atoms with Crippen molar-refractivity contribution in [1.82, 2.24) is 0 Å². The first-order valence-corrected chi connectivity index (χ1v) is 6.07. The number of carbonyl (C=O) groups excluding carboxylic acids is 1. The van der Waals surface area contributed by atoms with Crippen molar-refractivity contribution >= 4 is 23.6 Å². The molecule has 0 bridgehead atoms. The molecule has 0 fully saturated rings. The zero-order chi connectivity index (χ0) is 14.7. The summed E-state index contributed by atoms with van der Waals surface area (Å²) in [7, 11) is 0. The number of rotatable bonds is 4. The van der Waals surface area contributed by atoms with Crippen LogP contribution < -0.4 is 4.74 Å². The molecule has 20 heavy (non-hydrogen) atoms. The Balaban J connectivity index is 2.45. The fraction of sp³-hybridized carbons (Fsp3) is 0.0714. The van der Waals surface area contributed by atoms with E-state index in [0.29, 0.717) is 28.2 Å². The number of carbonyl (C=O) groups is 1. The summed E-state index contributed by atoms with van der Waals surface area (Å²) in [5, 5.41) is 11.3. The highest BCUT2D eigenvalue weighted by molar-refractivity contribution is 6.30. The summed E-state index contributed by atoms with van der Waals surface area (Å²) in [5.74, 6) is 0.570. The quantitative estimate of drug-likeness (QED) is 0.482. The van der Waals surface area contributed by atoms with Gasteiger partial charge in [-0.3, -0.25) is 14.9 Å². The summed E-state index contributed by atoms with van der Waals surface area (Å²) in [6.07, 6.45) is 0.637. The van der Waals surface area contributed by atoms with E-state index in [2.05, 4.69) is 0 Å². The molecule has 0 saturated heterocycles. The Kier molecular flexibility index (Phi) is 4.00. The van der Waals surface area contributed by atoms with E-state index in [1.54, 1.807) is 19.1 Å². The van der Waals surface area contributed by atoms with Gasteiger partial charge in [0.2, 0.25) is 0 Å². The Labute approximate surface area is 119 Å². The van der Waals surface area contributed by atoms with Crippen LogP contribution in [0.3, 0.4) is 0 Å². The van der Waals surface area contributed by atoms with Gasteiger partial charge in [-0.1, -0.05) is 17.7 Å². The minimum Gasteiger partial charge on any atom is -0.456 e. The van der Waals surface area contributed by atoms with Crippen molar-refractivity contribution in [2.45, 2.75) is 6.92 Å². The van der Waals surface area contributed by atoms with E-state index in [9.17, 15) is 14.9 Å². The SMILES string of the molecule is Cc1c(Oc2cc(Cl)ccc2C=O)cccc1[N+](=O)[O-]. The molecule has 0 radical (unpaired) electrons. The van der Waals surface area contributed by atoms with E-state index in [0.717, 1.165) is 0 Å². The Hall–Kier alpha value is -2.40. The van der Waals surface area contributed by atoms with Crippen molar-refractivity contribution < 1.29 is 14.5 Å². The smallest absolute Gasteiger partial charge is 0.276 e. The fourth-order valence-electron chi connectivity index (χ4n) is 1.72. The van der Waals surface area contributed by atoms with Crippen LogP contribution in [-0.2, 0) is 0 Å². The van der Waals surface area contributed by atoms with Crippen LogP contribution in [0, 0.1) is 17.0 Å². The first-order chi connectivity index (χ1) is 9.52. The first-order valence-electron chi connectivity index (χ1n) is 5.69. The molecular weight excluding hydrogens is 282 g/mol. The van der Waals surface area contributed by atoms with Gasteiger partial charge in [-0.25, -0.2) is 0 Å². The highest BCUT2D eigenvalue weighted by Crippen LogP contribution is 2.33. The molecule has 0 aliphatic carbocycles. The van der Waals surface area contributed by atoms with Gasteiger partial charge in [0.05, 0.1) is 16.1 Å². The van der Waals surface area contributed by atoms with E-state index in [-0.39, 0.29) is 11.4 Å². The number of nitro benzene ring substituents is 1. The van der Waals surface area contributed by atoms with Crippen LogP contribution >= 0.6 is 11.6 Å². The molecule has 2 aromatic rings. The van der Waals surface area contributed by atoms with E-state index >= 15 is 0 Å². The highest BCUT2D eigenvalue weighted by Gasteiger charge is 2.15. The zero-order valence-electron chi connectivity index (χ0n) is 10.5. The molecule has 0 spiro atoms. The lowest BCUT2D eigenvalue weighted by molar-refractivity contribution is -0.385.